The van der Waals surface area contributed by atoms with E-state index in [-0.39, 0.29) is 5.91 Å². The van der Waals surface area contributed by atoms with Crippen LogP contribution in [0.2, 0.25) is 0 Å². The molecule has 3 atom stereocenters. The van der Waals surface area contributed by atoms with Crippen molar-refractivity contribution in [2.75, 3.05) is 5.75 Å². The highest BCUT2D eigenvalue weighted by Gasteiger charge is 2.39. The Morgan fingerprint density at radius 2 is 2.05 bits per heavy atom. The van der Waals surface area contributed by atoms with E-state index in [0.29, 0.717) is 11.8 Å². The van der Waals surface area contributed by atoms with E-state index >= 15 is 0 Å². The molecule has 0 spiro atoms. The number of nitrogens with one attached hydrogen (secondary N) is 1. The number of benzene rings is 1. The highest BCUT2D eigenvalue weighted by molar-refractivity contribution is 7.99. The van der Waals surface area contributed by atoms with Gasteiger partial charge in [-0.3, -0.25) is 4.79 Å². The highest BCUT2D eigenvalue weighted by atomic mass is 32.2. The molecular weight excluding hydrogens is 266 g/mol. The summed E-state index contributed by atoms with van der Waals surface area (Å²) < 4.78 is 0. The summed E-state index contributed by atoms with van der Waals surface area (Å²) in [5.41, 5.74) is 2.58. The quantitative estimate of drug-likeness (QED) is 0.898. The van der Waals surface area contributed by atoms with Gasteiger partial charge in [0, 0.05) is 11.8 Å². The molecule has 3 rings (SSSR count). The van der Waals surface area contributed by atoms with Crippen LogP contribution in [0.5, 0.6) is 0 Å². The van der Waals surface area contributed by atoms with Gasteiger partial charge in [0.15, 0.2) is 0 Å². The Kier molecular flexibility index (Phi) is 4.35. The normalized spacial score (nSPS) is 27.8. The molecule has 1 aromatic carbocycles. The molecule has 0 saturated heterocycles. The number of hydrogen-bond acceptors (Lipinski definition) is 2. The van der Waals surface area contributed by atoms with Crippen LogP contribution in [0.3, 0.4) is 0 Å². The molecule has 108 valence electrons. The minimum atomic E-state index is 0.222. The van der Waals surface area contributed by atoms with Crippen molar-refractivity contribution < 1.29 is 4.79 Å². The number of thioether (sulfide) groups is 1. The summed E-state index contributed by atoms with van der Waals surface area (Å²) in [6.45, 7) is 2.10. The highest BCUT2D eigenvalue weighted by Crippen LogP contribution is 2.44. The first kappa shape index (κ1) is 14.0. The molecule has 0 radical (unpaired) electrons. The zero-order valence-corrected chi connectivity index (χ0v) is 12.9. The fraction of sp³-hybridized carbons (Fsp3) is 0.588. The Morgan fingerprint density at radius 1 is 1.25 bits per heavy atom. The molecule has 0 aliphatic heterocycles. The predicted octanol–water partition coefficient (Wildman–Crippen LogP) is 3.53. The van der Waals surface area contributed by atoms with Crippen LogP contribution in [0, 0.1) is 18.8 Å². The predicted molar refractivity (Wildman–Crippen MR) is 84.7 cm³/mol. The number of carbonyl (C=O) groups excluding carboxylic acids is 1. The van der Waals surface area contributed by atoms with E-state index in [1.54, 1.807) is 11.8 Å². The number of fused-ring (bicyclic) bond motifs is 2. The average molecular weight is 289 g/mol. The van der Waals surface area contributed by atoms with Crippen LogP contribution in [0.15, 0.2) is 24.3 Å². The van der Waals surface area contributed by atoms with Gasteiger partial charge in [-0.25, -0.2) is 0 Å². The van der Waals surface area contributed by atoms with E-state index in [4.69, 9.17) is 0 Å². The standard InChI is InChI=1S/C17H23NOS/c1-12-2-4-13(5-3-12)10-20-11-17(19)18-16-9-14-6-7-15(16)8-14/h2-5,14-16H,6-11H2,1H3,(H,18,19)/t14-,15-,16-/m0/s1. The van der Waals surface area contributed by atoms with E-state index in [9.17, 15) is 4.79 Å². The first-order valence-corrected chi connectivity index (χ1v) is 8.79. The number of rotatable bonds is 5. The van der Waals surface area contributed by atoms with Crippen molar-refractivity contribution in [1.29, 1.82) is 0 Å². The molecule has 2 saturated carbocycles. The molecule has 1 amide bonds. The molecule has 1 N–H and O–H groups in total. The van der Waals surface area contributed by atoms with Crippen molar-refractivity contribution in [3.8, 4) is 0 Å². The number of hydrogen-bond donors (Lipinski definition) is 1. The van der Waals surface area contributed by atoms with E-state index in [2.05, 4.69) is 36.5 Å². The molecule has 2 fully saturated rings. The molecule has 20 heavy (non-hydrogen) atoms. The minimum Gasteiger partial charge on any atom is -0.352 e. The Hall–Kier alpha value is -0.960. The van der Waals surface area contributed by atoms with Gasteiger partial charge in [-0.2, -0.15) is 0 Å². The molecule has 0 aromatic heterocycles. The first-order valence-electron chi connectivity index (χ1n) is 7.63. The summed E-state index contributed by atoms with van der Waals surface area (Å²) in [6, 6.07) is 9.03. The maximum Gasteiger partial charge on any atom is 0.230 e. The van der Waals surface area contributed by atoms with E-state index in [1.807, 2.05) is 0 Å². The zero-order valence-electron chi connectivity index (χ0n) is 12.1. The van der Waals surface area contributed by atoms with Crippen molar-refractivity contribution in [3.63, 3.8) is 0 Å². The first-order chi connectivity index (χ1) is 9.70. The summed E-state index contributed by atoms with van der Waals surface area (Å²) in [5.74, 6) is 3.39. The Bertz CT molecular complexity index is 470. The van der Waals surface area contributed by atoms with Crippen molar-refractivity contribution >= 4 is 17.7 Å². The molecule has 2 nitrogen and oxygen atoms in total. The second-order valence-electron chi connectivity index (χ2n) is 6.33. The van der Waals surface area contributed by atoms with E-state index in [1.165, 1.54) is 36.8 Å². The van der Waals surface area contributed by atoms with Crippen molar-refractivity contribution in [3.05, 3.63) is 35.4 Å². The topological polar surface area (TPSA) is 29.1 Å². The molecule has 2 bridgehead atoms. The van der Waals surface area contributed by atoms with Crippen LogP contribution in [-0.4, -0.2) is 17.7 Å². The van der Waals surface area contributed by atoms with E-state index in [0.717, 1.165) is 17.6 Å². The van der Waals surface area contributed by atoms with Gasteiger partial charge in [-0.1, -0.05) is 36.2 Å². The van der Waals surface area contributed by atoms with Crippen LogP contribution in [0.25, 0.3) is 0 Å². The van der Waals surface area contributed by atoms with Crippen LogP contribution >= 0.6 is 11.8 Å². The Morgan fingerprint density at radius 3 is 2.70 bits per heavy atom. The van der Waals surface area contributed by atoms with Crippen molar-refractivity contribution in [1.82, 2.24) is 5.32 Å². The third kappa shape index (κ3) is 3.38. The van der Waals surface area contributed by atoms with Crippen LogP contribution in [0.1, 0.15) is 36.8 Å². The monoisotopic (exact) mass is 289 g/mol. The van der Waals surface area contributed by atoms with Gasteiger partial charge < -0.3 is 5.32 Å². The average Bonchev–Trinajstić information content (AvgIpc) is 3.03. The summed E-state index contributed by atoms with van der Waals surface area (Å²) in [5, 5.41) is 3.25. The second-order valence-corrected chi connectivity index (χ2v) is 7.31. The largest absolute Gasteiger partial charge is 0.352 e. The summed E-state index contributed by atoms with van der Waals surface area (Å²) >= 11 is 1.71. The minimum absolute atomic E-state index is 0.222. The number of amides is 1. The van der Waals surface area contributed by atoms with Crippen LogP contribution in [0.4, 0.5) is 0 Å². The van der Waals surface area contributed by atoms with Gasteiger partial charge >= 0.3 is 0 Å². The van der Waals surface area contributed by atoms with Gasteiger partial charge in [0.2, 0.25) is 5.91 Å². The Balaban J connectivity index is 1.38. The number of aryl methyl sites for hydroxylation is 1. The molecule has 0 heterocycles. The van der Waals surface area contributed by atoms with E-state index < -0.39 is 0 Å². The molecule has 1 aromatic rings. The van der Waals surface area contributed by atoms with Crippen LogP contribution < -0.4 is 5.32 Å². The third-order valence-corrected chi connectivity index (χ3v) is 5.71. The molecular formula is C17H23NOS. The third-order valence-electron chi connectivity index (χ3n) is 4.71. The summed E-state index contributed by atoms with van der Waals surface area (Å²) in [4.78, 5) is 12.0. The number of carbonyl (C=O) groups is 1. The summed E-state index contributed by atoms with van der Waals surface area (Å²) in [7, 11) is 0. The lowest BCUT2D eigenvalue weighted by atomic mass is 9.95. The molecule has 0 unspecified atom stereocenters. The molecule has 2 aliphatic rings. The van der Waals surface area contributed by atoms with Gasteiger partial charge in [0.05, 0.1) is 5.75 Å². The fourth-order valence-electron chi connectivity index (χ4n) is 3.62. The zero-order chi connectivity index (χ0) is 13.9. The van der Waals surface area contributed by atoms with Crippen molar-refractivity contribution in [2.24, 2.45) is 11.8 Å². The summed E-state index contributed by atoms with van der Waals surface area (Å²) in [6.07, 6.45) is 5.28. The maximum absolute atomic E-state index is 12.0. The van der Waals surface area contributed by atoms with Gasteiger partial charge in [-0.15, -0.1) is 11.8 Å². The van der Waals surface area contributed by atoms with Gasteiger partial charge in [0.1, 0.15) is 0 Å². The second kappa shape index (κ2) is 6.21. The molecule has 2 aliphatic carbocycles. The van der Waals surface area contributed by atoms with Gasteiger partial charge in [0.25, 0.3) is 0 Å². The SMILES string of the molecule is Cc1ccc(CSCC(=O)N[C@H]2C[C@H]3CC[C@H]2C3)cc1. The van der Waals surface area contributed by atoms with Crippen LogP contribution in [-0.2, 0) is 10.5 Å². The Labute approximate surface area is 125 Å². The lowest BCUT2D eigenvalue weighted by Crippen LogP contribution is -2.39. The lowest BCUT2D eigenvalue weighted by molar-refractivity contribution is -0.119. The molecule has 3 heteroatoms. The fourth-order valence-corrected chi connectivity index (χ4v) is 4.41. The van der Waals surface area contributed by atoms with Gasteiger partial charge in [-0.05, 0) is 43.6 Å². The lowest BCUT2D eigenvalue weighted by Gasteiger charge is -2.22. The maximum atomic E-state index is 12.0. The van der Waals surface area contributed by atoms with Crippen molar-refractivity contribution in [2.45, 2.75) is 44.4 Å². The smallest absolute Gasteiger partial charge is 0.230 e.